The summed E-state index contributed by atoms with van der Waals surface area (Å²) in [5.74, 6) is 1.23. The third-order valence-electron chi connectivity index (χ3n) is 7.35. The summed E-state index contributed by atoms with van der Waals surface area (Å²) < 4.78 is 24.8. The zero-order valence-corrected chi connectivity index (χ0v) is 25.3. The summed E-state index contributed by atoms with van der Waals surface area (Å²) in [4.78, 5) is 17.3. The Bertz CT molecular complexity index is 1540. The number of thiophene rings is 2. The van der Waals surface area contributed by atoms with Crippen molar-refractivity contribution in [3.05, 3.63) is 40.3 Å². The number of morpholine rings is 2. The molecule has 2 saturated heterocycles. The molecule has 0 saturated carbocycles. The van der Waals surface area contributed by atoms with E-state index in [2.05, 4.69) is 31.3 Å². The Balaban J connectivity index is 0.000000165. The fourth-order valence-electron chi connectivity index (χ4n) is 4.92. The van der Waals surface area contributed by atoms with E-state index in [4.69, 9.17) is 18.9 Å². The summed E-state index contributed by atoms with van der Waals surface area (Å²) >= 11 is 3.14. The molecule has 0 bridgehead atoms. The van der Waals surface area contributed by atoms with Crippen molar-refractivity contribution in [3.63, 3.8) is 0 Å². The van der Waals surface area contributed by atoms with Gasteiger partial charge in [0.1, 0.15) is 0 Å². The highest BCUT2D eigenvalue weighted by Gasteiger charge is 2.24. The normalized spacial score (nSPS) is 16.0. The average molecular weight is 598 g/mol. The molecule has 2 N–H and O–H groups in total. The van der Waals surface area contributed by atoms with Crippen molar-refractivity contribution in [1.82, 2.24) is 9.71 Å². The lowest BCUT2D eigenvalue weighted by atomic mass is 9.85. The van der Waals surface area contributed by atoms with Gasteiger partial charge in [-0.3, -0.25) is 4.79 Å². The standard InChI is InChI=1S/C15H19BNO3S.C14H15NO4S/c1-10-11-8-12(18-2)13(19-3)9-14(11)21-15(10)16-17-4-6-20-7-5-17;1-8-9-6-10(16)11(17)7-12(9)20-13(8)14(18)15-2-4-19-5-3-15/h8-9H,4-7H2,1-3H3;6-7,16-17H,2-5H2,1H3. The number of benzene rings is 2. The number of aromatic hydroxyl groups is 2. The number of methoxy groups -OCH3 is 2. The summed E-state index contributed by atoms with van der Waals surface area (Å²) in [6, 6.07) is 7.13. The number of amides is 1. The van der Waals surface area contributed by atoms with Gasteiger partial charge in [0.15, 0.2) is 23.0 Å². The van der Waals surface area contributed by atoms with Crippen LogP contribution < -0.4 is 14.3 Å². The van der Waals surface area contributed by atoms with Gasteiger partial charge in [0.25, 0.3) is 13.3 Å². The van der Waals surface area contributed by atoms with Gasteiger partial charge in [-0.15, -0.1) is 22.7 Å². The third-order valence-corrected chi connectivity index (χ3v) is 9.78. The summed E-state index contributed by atoms with van der Waals surface area (Å²) in [6.07, 6.45) is 0. The number of nitrogens with zero attached hydrogens (tertiary/aromatic N) is 2. The van der Waals surface area contributed by atoms with Crippen molar-refractivity contribution in [3.8, 4) is 23.0 Å². The molecule has 0 spiro atoms. The second kappa shape index (κ2) is 12.9. The number of hydrogen-bond donors (Lipinski definition) is 2. The summed E-state index contributed by atoms with van der Waals surface area (Å²) in [5, 5.41) is 21.2. The van der Waals surface area contributed by atoms with E-state index < -0.39 is 0 Å². The number of hydrogen-bond acceptors (Lipinski definition) is 10. The molecule has 217 valence electrons. The SMILES string of the molecule is COc1cc2sc([B]N3CCOCC3)c(C)c2cc1OC.Cc1c(C(=O)N2CCOCC2)sc2cc(O)c(O)cc12. The van der Waals surface area contributed by atoms with E-state index in [1.54, 1.807) is 30.5 Å². The second-order valence-corrected chi connectivity index (χ2v) is 12.0. The van der Waals surface area contributed by atoms with Crippen LogP contribution in [-0.4, -0.2) is 100 Å². The van der Waals surface area contributed by atoms with E-state index in [0.29, 0.717) is 31.2 Å². The summed E-state index contributed by atoms with van der Waals surface area (Å²) in [7, 11) is 5.60. The number of rotatable bonds is 5. The molecule has 4 heterocycles. The van der Waals surface area contributed by atoms with Crippen LogP contribution in [0, 0.1) is 13.8 Å². The first-order valence-electron chi connectivity index (χ1n) is 13.4. The van der Waals surface area contributed by atoms with Gasteiger partial charge in [0.05, 0.1) is 45.5 Å². The minimum absolute atomic E-state index is 0.00835. The summed E-state index contributed by atoms with van der Waals surface area (Å²) in [5.41, 5.74) is 2.14. The maximum absolute atomic E-state index is 12.5. The van der Waals surface area contributed by atoms with Crippen LogP contribution in [0.1, 0.15) is 20.8 Å². The van der Waals surface area contributed by atoms with E-state index >= 15 is 0 Å². The van der Waals surface area contributed by atoms with Gasteiger partial charge in [0.2, 0.25) is 0 Å². The highest BCUT2D eigenvalue weighted by Crippen LogP contribution is 2.39. The smallest absolute Gasteiger partial charge is 0.264 e. The first kappa shape index (κ1) is 29.5. The second-order valence-electron chi connectivity index (χ2n) is 9.87. The molecule has 2 aromatic heterocycles. The van der Waals surface area contributed by atoms with Crippen LogP contribution in [0.25, 0.3) is 20.2 Å². The minimum Gasteiger partial charge on any atom is -0.504 e. The van der Waals surface area contributed by atoms with E-state index in [1.165, 1.54) is 43.9 Å². The highest BCUT2D eigenvalue weighted by molar-refractivity contribution is 7.27. The number of aryl methyl sites for hydroxylation is 2. The number of ether oxygens (including phenoxy) is 4. The van der Waals surface area contributed by atoms with Crippen LogP contribution in [0.4, 0.5) is 0 Å². The largest absolute Gasteiger partial charge is 0.504 e. The van der Waals surface area contributed by atoms with Crippen molar-refractivity contribution < 1.29 is 34.0 Å². The fourth-order valence-corrected chi connectivity index (χ4v) is 7.30. The molecule has 2 aromatic carbocycles. The Morgan fingerprint density at radius 1 is 0.805 bits per heavy atom. The molecular formula is C29H34BN2O7S2. The molecule has 9 nitrogen and oxygen atoms in total. The van der Waals surface area contributed by atoms with Crippen molar-refractivity contribution in [2.24, 2.45) is 0 Å². The van der Waals surface area contributed by atoms with Crippen LogP contribution in [0.3, 0.4) is 0 Å². The predicted octanol–water partition coefficient (Wildman–Crippen LogP) is 3.90. The van der Waals surface area contributed by atoms with Gasteiger partial charge in [-0.25, -0.2) is 0 Å². The van der Waals surface area contributed by atoms with Crippen molar-refractivity contribution in [1.29, 1.82) is 0 Å². The zero-order valence-electron chi connectivity index (χ0n) is 23.7. The first-order valence-corrected chi connectivity index (χ1v) is 15.1. The van der Waals surface area contributed by atoms with Gasteiger partial charge in [-0.2, -0.15) is 0 Å². The van der Waals surface area contributed by atoms with Crippen molar-refractivity contribution in [2.45, 2.75) is 13.8 Å². The van der Waals surface area contributed by atoms with E-state index in [-0.39, 0.29) is 17.4 Å². The molecule has 0 unspecified atom stereocenters. The molecule has 0 aliphatic carbocycles. The molecule has 4 aromatic rings. The Kier molecular flexibility index (Phi) is 9.25. The van der Waals surface area contributed by atoms with Crippen molar-refractivity contribution >= 4 is 60.9 Å². The molecule has 2 aliphatic rings. The van der Waals surface area contributed by atoms with Crippen LogP contribution in [0.15, 0.2) is 24.3 Å². The molecule has 41 heavy (non-hydrogen) atoms. The molecule has 2 fully saturated rings. The minimum atomic E-state index is -0.163. The van der Waals surface area contributed by atoms with Gasteiger partial charge < -0.3 is 38.9 Å². The number of phenolic OH excluding ortho intramolecular Hbond substituents is 2. The lowest BCUT2D eigenvalue weighted by Gasteiger charge is -2.26. The van der Waals surface area contributed by atoms with E-state index in [9.17, 15) is 15.0 Å². The maximum atomic E-state index is 12.5. The Labute approximate surface area is 248 Å². The monoisotopic (exact) mass is 597 g/mol. The molecule has 0 atom stereocenters. The predicted molar refractivity (Wildman–Crippen MR) is 164 cm³/mol. The topological polar surface area (TPSA) is 101 Å². The number of carbonyl (C=O) groups is 1. The Morgan fingerprint density at radius 3 is 2.02 bits per heavy atom. The Morgan fingerprint density at radius 2 is 1.37 bits per heavy atom. The Hall–Kier alpha value is -3.03. The number of fused-ring (bicyclic) bond motifs is 2. The highest BCUT2D eigenvalue weighted by atomic mass is 32.1. The average Bonchev–Trinajstić information content (AvgIpc) is 3.48. The lowest BCUT2D eigenvalue weighted by Crippen LogP contribution is -2.43. The van der Waals surface area contributed by atoms with Crippen LogP contribution in [-0.2, 0) is 9.47 Å². The molecule has 1 amide bonds. The van der Waals surface area contributed by atoms with Gasteiger partial charge in [-0.05, 0) is 47.3 Å². The van der Waals surface area contributed by atoms with Gasteiger partial charge >= 0.3 is 0 Å². The van der Waals surface area contributed by atoms with Gasteiger partial charge in [-0.1, -0.05) is 0 Å². The number of carbonyl (C=O) groups excluding carboxylic acids is 1. The van der Waals surface area contributed by atoms with Crippen molar-refractivity contribution in [2.75, 3.05) is 66.8 Å². The van der Waals surface area contributed by atoms with Crippen LogP contribution >= 0.6 is 22.7 Å². The molecule has 12 heteroatoms. The maximum Gasteiger partial charge on any atom is 0.264 e. The van der Waals surface area contributed by atoms with Gasteiger partial charge in [0, 0.05) is 53.1 Å². The van der Waals surface area contributed by atoms with E-state index in [0.717, 1.165) is 53.5 Å². The molecule has 2 aliphatic heterocycles. The first-order chi connectivity index (χ1) is 19.8. The van der Waals surface area contributed by atoms with E-state index in [1.807, 2.05) is 6.92 Å². The molecular weight excluding hydrogens is 563 g/mol. The quantitative estimate of drug-likeness (QED) is 0.264. The third kappa shape index (κ3) is 6.26. The van der Waals surface area contributed by atoms with Crippen LogP contribution in [0.2, 0.25) is 0 Å². The molecule has 6 rings (SSSR count). The summed E-state index contributed by atoms with van der Waals surface area (Å²) in [6.45, 7) is 9.89. The number of phenols is 2. The molecule has 1 radical (unpaired) electrons. The lowest BCUT2D eigenvalue weighted by molar-refractivity contribution is 0.0306. The zero-order chi connectivity index (χ0) is 29.1. The fraction of sp³-hybridized carbons (Fsp3) is 0.414. The van der Waals surface area contributed by atoms with Crippen LogP contribution in [0.5, 0.6) is 23.0 Å².